The summed E-state index contributed by atoms with van der Waals surface area (Å²) in [5, 5.41) is 0. The fourth-order valence-corrected chi connectivity index (χ4v) is 3.88. The summed E-state index contributed by atoms with van der Waals surface area (Å²) in [6.45, 7) is 3.31. The quantitative estimate of drug-likeness (QED) is 0.621. The molecule has 0 atom stereocenters. The molecule has 1 saturated heterocycles. The Morgan fingerprint density at radius 2 is 1.96 bits per heavy atom. The van der Waals surface area contributed by atoms with Gasteiger partial charge in [0, 0.05) is 26.4 Å². The first-order valence-electron chi connectivity index (χ1n) is 8.53. The van der Waals surface area contributed by atoms with Crippen LogP contribution in [0.2, 0.25) is 0 Å². The molecule has 2 fully saturated rings. The molecule has 4 heteroatoms. The summed E-state index contributed by atoms with van der Waals surface area (Å²) in [7, 11) is 0. The number of hydrogen-bond acceptors (Lipinski definition) is 4. The molecule has 4 rings (SSSR count). The molecular weight excluding hydrogens is 300 g/mol. The highest BCUT2D eigenvalue weighted by Gasteiger charge is 2.45. The van der Waals surface area contributed by atoms with Crippen LogP contribution in [0.4, 0.5) is 0 Å². The van der Waals surface area contributed by atoms with Gasteiger partial charge in [0.05, 0.1) is 17.0 Å². The van der Waals surface area contributed by atoms with Crippen molar-refractivity contribution in [1.29, 1.82) is 0 Å². The van der Waals surface area contributed by atoms with Gasteiger partial charge < -0.3 is 4.90 Å². The number of rotatable bonds is 2. The number of carbonyl (C=O) groups excluding carboxylic acids is 2. The van der Waals surface area contributed by atoms with E-state index in [-0.39, 0.29) is 18.0 Å². The van der Waals surface area contributed by atoms with Crippen molar-refractivity contribution in [2.24, 2.45) is 5.41 Å². The van der Waals surface area contributed by atoms with Crippen molar-refractivity contribution in [3.05, 3.63) is 34.7 Å². The number of ketones is 2. The predicted octanol–water partition coefficient (Wildman–Crippen LogP) is 2.63. The van der Waals surface area contributed by atoms with Gasteiger partial charge in [-0.05, 0) is 42.7 Å². The number of piperidine rings is 1. The van der Waals surface area contributed by atoms with Crippen molar-refractivity contribution in [2.75, 3.05) is 13.1 Å². The lowest BCUT2D eigenvalue weighted by molar-refractivity contribution is -0.114. The summed E-state index contributed by atoms with van der Waals surface area (Å²) in [6.07, 6.45) is 10.9. The van der Waals surface area contributed by atoms with Gasteiger partial charge in [-0.3, -0.25) is 9.59 Å². The summed E-state index contributed by atoms with van der Waals surface area (Å²) in [5.74, 6) is 2.49. The predicted molar refractivity (Wildman–Crippen MR) is 91.2 cm³/mol. The second kappa shape index (κ2) is 5.31. The van der Waals surface area contributed by atoms with Gasteiger partial charge in [-0.2, -0.15) is 0 Å². The molecule has 1 aromatic heterocycles. The Kier molecular flexibility index (Phi) is 3.35. The first-order valence-corrected chi connectivity index (χ1v) is 8.53. The largest absolute Gasteiger partial charge is 0.369 e. The third kappa shape index (κ3) is 2.36. The second-order valence-electron chi connectivity index (χ2n) is 7.22. The minimum Gasteiger partial charge on any atom is -0.369 e. The fourth-order valence-electron chi connectivity index (χ4n) is 3.88. The number of allylic oxidation sites excluding steroid dienone is 1. The Hall–Kier alpha value is -2.41. The normalized spacial score (nSPS) is 21.5. The maximum absolute atomic E-state index is 12.5. The molecule has 1 aromatic rings. The average molecular weight is 320 g/mol. The number of carbonyl (C=O) groups is 2. The zero-order chi connectivity index (χ0) is 16.9. The van der Waals surface area contributed by atoms with E-state index in [2.05, 4.69) is 15.8 Å². The molecule has 1 aliphatic heterocycles. The summed E-state index contributed by atoms with van der Waals surface area (Å²) >= 11 is 0. The fraction of sp³-hybridized carbons (Fsp3) is 0.450. The van der Waals surface area contributed by atoms with E-state index in [1.807, 2.05) is 6.07 Å². The molecule has 0 amide bonds. The van der Waals surface area contributed by atoms with Crippen molar-refractivity contribution >= 4 is 17.3 Å². The van der Waals surface area contributed by atoms with Gasteiger partial charge in [-0.1, -0.05) is 12.0 Å². The van der Waals surface area contributed by atoms with E-state index in [0.29, 0.717) is 16.7 Å². The lowest BCUT2D eigenvalue weighted by Gasteiger charge is -2.37. The second-order valence-corrected chi connectivity index (χ2v) is 7.22. The van der Waals surface area contributed by atoms with E-state index in [0.717, 1.165) is 42.9 Å². The summed E-state index contributed by atoms with van der Waals surface area (Å²) in [4.78, 5) is 31.0. The number of Topliss-reactive ketones (excluding diaryl/α,β-unsaturated/α-hetero) is 2. The van der Waals surface area contributed by atoms with Crippen LogP contribution >= 0.6 is 0 Å². The molecule has 0 unspecified atom stereocenters. The van der Waals surface area contributed by atoms with Crippen LogP contribution in [0.15, 0.2) is 17.7 Å². The molecule has 1 spiro atoms. The van der Waals surface area contributed by atoms with Crippen LogP contribution in [0.3, 0.4) is 0 Å². The van der Waals surface area contributed by atoms with Crippen LogP contribution in [0.25, 0.3) is 5.70 Å². The molecule has 4 nitrogen and oxygen atoms in total. The molecule has 0 radical (unpaired) electrons. The number of pyridine rings is 1. The van der Waals surface area contributed by atoms with Crippen LogP contribution in [-0.4, -0.2) is 34.5 Å². The van der Waals surface area contributed by atoms with Crippen molar-refractivity contribution in [2.45, 2.75) is 39.0 Å². The van der Waals surface area contributed by atoms with Gasteiger partial charge in [0.15, 0.2) is 11.6 Å². The topological polar surface area (TPSA) is 50.3 Å². The van der Waals surface area contributed by atoms with Gasteiger partial charge in [0.25, 0.3) is 0 Å². The number of nitrogens with zero attached hydrogens (tertiary/aromatic N) is 2. The minimum atomic E-state index is -0.0770. The number of terminal acetylenes is 1. The van der Waals surface area contributed by atoms with E-state index in [9.17, 15) is 9.59 Å². The third-order valence-corrected chi connectivity index (χ3v) is 5.67. The number of hydrogen-bond donors (Lipinski definition) is 0. The van der Waals surface area contributed by atoms with E-state index < -0.39 is 0 Å². The van der Waals surface area contributed by atoms with Crippen LogP contribution < -0.4 is 0 Å². The first-order chi connectivity index (χ1) is 11.5. The Morgan fingerprint density at radius 3 is 2.54 bits per heavy atom. The Labute approximate surface area is 142 Å². The Balaban J connectivity index is 1.79. The first kappa shape index (κ1) is 15.1. The summed E-state index contributed by atoms with van der Waals surface area (Å²) in [5.41, 5.74) is 3.74. The smallest absolute Gasteiger partial charge is 0.178 e. The van der Waals surface area contributed by atoms with Gasteiger partial charge in [0.2, 0.25) is 0 Å². The summed E-state index contributed by atoms with van der Waals surface area (Å²) < 4.78 is 0. The van der Waals surface area contributed by atoms with Crippen molar-refractivity contribution < 1.29 is 9.59 Å². The van der Waals surface area contributed by atoms with E-state index in [1.165, 1.54) is 19.8 Å². The van der Waals surface area contributed by atoms with Crippen molar-refractivity contribution in [1.82, 2.24) is 9.88 Å². The lowest BCUT2D eigenvalue weighted by Crippen LogP contribution is -2.36. The zero-order valence-corrected chi connectivity index (χ0v) is 13.9. The molecule has 3 aliphatic rings. The van der Waals surface area contributed by atoms with Gasteiger partial charge in [-0.25, -0.2) is 4.98 Å². The number of likely N-dealkylation sites (tertiary alicyclic amines) is 1. The van der Waals surface area contributed by atoms with E-state index >= 15 is 0 Å². The van der Waals surface area contributed by atoms with Gasteiger partial charge >= 0.3 is 0 Å². The third-order valence-electron chi connectivity index (χ3n) is 5.67. The minimum absolute atomic E-state index is 0.0240. The van der Waals surface area contributed by atoms with Gasteiger partial charge in [-0.15, -0.1) is 6.42 Å². The molecule has 122 valence electrons. The molecule has 0 aromatic carbocycles. The van der Waals surface area contributed by atoms with Crippen LogP contribution in [0, 0.1) is 17.8 Å². The molecular formula is C20H20N2O2. The summed E-state index contributed by atoms with van der Waals surface area (Å²) in [6, 6.07) is 3.54. The zero-order valence-electron chi connectivity index (χ0n) is 13.9. The molecule has 1 saturated carbocycles. The van der Waals surface area contributed by atoms with Crippen molar-refractivity contribution in [3.63, 3.8) is 0 Å². The van der Waals surface area contributed by atoms with Crippen LogP contribution in [0.5, 0.6) is 0 Å². The van der Waals surface area contributed by atoms with Crippen LogP contribution in [0.1, 0.15) is 54.4 Å². The Morgan fingerprint density at radius 1 is 1.25 bits per heavy atom. The molecule has 0 N–H and O–H groups in total. The Bertz CT molecular complexity index is 815. The molecule has 2 heterocycles. The van der Waals surface area contributed by atoms with E-state index in [1.54, 1.807) is 6.07 Å². The van der Waals surface area contributed by atoms with Crippen LogP contribution in [-0.2, 0) is 11.2 Å². The van der Waals surface area contributed by atoms with Crippen molar-refractivity contribution in [3.8, 4) is 12.3 Å². The average Bonchev–Trinajstić information content (AvgIpc) is 3.33. The number of aromatic nitrogens is 1. The highest BCUT2D eigenvalue weighted by atomic mass is 16.1. The van der Waals surface area contributed by atoms with Gasteiger partial charge in [0.1, 0.15) is 5.69 Å². The van der Waals surface area contributed by atoms with E-state index in [4.69, 9.17) is 6.42 Å². The lowest BCUT2D eigenvalue weighted by atomic mass is 9.88. The maximum atomic E-state index is 12.5. The molecule has 0 bridgehead atoms. The monoisotopic (exact) mass is 320 g/mol. The number of fused-ring (bicyclic) bond motifs is 1. The highest BCUT2D eigenvalue weighted by molar-refractivity contribution is 6.10. The standard InChI is InChI=1S/C20H20N2O2/c1-3-15-17(24)12-14-4-5-16(13(2)23)21-18(14)19(15)22-10-8-20(6-7-20)9-11-22/h1,4-5H,6-12H2,2H3. The highest BCUT2D eigenvalue weighted by Crippen LogP contribution is 2.54. The molecule has 24 heavy (non-hydrogen) atoms. The maximum Gasteiger partial charge on any atom is 0.178 e. The molecule has 2 aliphatic carbocycles. The SMILES string of the molecule is C#CC1=C(N2CCC3(CC2)CC3)c2nc(C(C)=O)ccc2CC1=O.